The van der Waals surface area contributed by atoms with Crippen LogP contribution in [-0.4, -0.2) is 48.2 Å². The quantitative estimate of drug-likeness (QED) is 0.673. The molecule has 1 amide bonds. The van der Waals surface area contributed by atoms with Gasteiger partial charge in [0.05, 0.1) is 18.1 Å². The average molecular weight is 233 g/mol. The third-order valence-corrected chi connectivity index (χ3v) is 2.99. The van der Waals surface area contributed by atoms with E-state index >= 15 is 0 Å². The van der Waals surface area contributed by atoms with Crippen LogP contribution in [0.3, 0.4) is 0 Å². The molecule has 1 aliphatic rings. The van der Waals surface area contributed by atoms with E-state index in [0.717, 1.165) is 24.8 Å². The average Bonchev–Trinajstić information content (AvgIpc) is 2.66. The minimum absolute atomic E-state index is 0.0278. The van der Waals surface area contributed by atoms with Gasteiger partial charge in [-0.15, -0.1) is 11.8 Å². The van der Waals surface area contributed by atoms with Crippen molar-refractivity contribution >= 4 is 23.6 Å². The summed E-state index contributed by atoms with van der Waals surface area (Å²) < 4.78 is 5.17. The number of rotatable bonds is 6. The molecular formula is C9H15NO4S. The highest BCUT2D eigenvalue weighted by molar-refractivity contribution is 8.00. The van der Waals surface area contributed by atoms with Crippen LogP contribution in [0.1, 0.15) is 6.42 Å². The lowest BCUT2D eigenvalue weighted by atomic mass is 10.1. The van der Waals surface area contributed by atoms with Crippen LogP contribution in [0.2, 0.25) is 0 Å². The molecule has 15 heavy (non-hydrogen) atoms. The Bertz CT molecular complexity index is 228. The maximum Gasteiger partial charge on any atom is 0.313 e. The third kappa shape index (κ3) is 5.64. The van der Waals surface area contributed by atoms with Crippen molar-refractivity contribution in [3.8, 4) is 0 Å². The predicted molar refractivity (Wildman–Crippen MR) is 56.9 cm³/mol. The first-order chi connectivity index (χ1) is 7.18. The second kappa shape index (κ2) is 6.68. The van der Waals surface area contributed by atoms with Crippen molar-refractivity contribution in [3.05, 3.63) is 0 Å². The lowest BCUT2D eigenvalue weighted by Crippen LogP contribution is -2.31. The highest BCUT2D eigenvalue weighted by Crippen LogP contribution is 2.10. The van der Waals surface area contributed by atoms with Crippen LogP contribution < -0.4 is 5.32 Å². The van der Waals surface area contributed by atoms with Crippen molar-refractivity contribution in [3.63, 3.8) is 0 Å². The Morgan fingerprint density at radius 1 is 1.47 bits per heavy atom. The van der Waals surface area contributed by atoms with Gasteiger partial charge in [0.25, 0.3) is 0 Å². The molecule has 1 rings (SSSR count). The van der Waals surface area contributed by atoms with Crippen LogP contribution in [0.15, 0.2) is 0 Å². The molecule has 0 aliphatic carbocycles. The second-order valence-corrected chi connectivity index (χ2v) is 4.41. The molecule has 6 heteroatoms. The van der Waals surface area contributed by atoms with Gasteiger partial charge in [-0.25, -0.2) is 0 Å². The fourth-order valence-corrected chi connectivity index (χ4v) is 1.85. The summed E-state index contributed by atoms with van der Waals surface area (Å²) in [5.74, 6) is -0.400. The van der Waals surface area contributed by atoms with Crippen molar-refractivity contribution in [1.29, 1.82) is 0 Å². The summed E-state index contributed by atoms with van der Waals surface area (Å²) >= 11 is 1.11. The van der Waals surface area contributed by atoms with Crippen molar-refractivity contribution in [2.24, 2.45) is 5.92 Å². The summed E-state index contributed by atoms with van der Waals surface area (Å²) in [6, 6.07) is 0. The lowest BCUT2D eigenvalue weighted by Gasteiger charge is -2.08. The predicted octanol–water partition coefficient (Wildman–Crippen LogP) is -0.0431. The molecule has 1 heterocycles. The molecule has 0 aromatic heterocycles. The van der Waals surface area contributed by atoms with Gasteiger partial charge in [-0.1, -0.05) is 0 Å². The second-order valence-electron chi connectivity index (χ2n) is 3.42. The largest absolute Gasteiger partial charge is 0.481 e. The number of carboxylic acid groups (broad SMARTS) is 1. The molecule has 0 spiro atoms. The van der Waals surface area contributed by atoms with Gasteiger partial charge in [0, 0.05) is 19.1 Å². The zero-order valence-corrected chi connectivity index (χ0v) is 9.22. The third-order valence-electron chi connectivity index (χ3n) is 2.07. The summed E-state index contributed by atoms with van der Waals surface area (Å²) in [5.41, 5.74) is 0. The van der Waals surface area contributed by atoms with Crippen LogP contribution in [0.4, 0.5) is 0 Å². The monoisotopic (exact) mass is 233 g/mol. The number of thioether (sulfide) groups is 1. The molecule has 0 aromatic rings. The number of amides is 1. The SMILES string of the molecule is O=C(O)CSCC(=O)NCC1CCOC1. The Labute approximate surface area is 92.6 Å². The molecule has 0 aromatic carbocycles. The van der Waals surface area contributed by atoms with Gasteiger partial charge in [-0.2, -0.15) is 0 Å². The van der Waals surface area contributed by atoms with Crippen molar-refractivity contribution < 1.29 is 19.4 Å². The summed E-state index contributed by atoms with van der Waals surface area (Å²) in [4.78, 5) is 21.4. The molecule has 0 radical (unpaired) electrons. The lowest BCUT2D eigenvalue weighted by molar-refractivity contribution is -0.133. The highest BCUT2D eigenvalue weighted by Gasteiger charge is 2.16. The van der Waals surface area contributed by atoms with Crippen LogP contribution in [0.5, 0.6) is 0 Å². The van der Waals surface area contributed by atoms with Crippen molar-refractivity contribution in [2.75, 3.05) is 31.3 Å². The van der Waals surface area contributed by atoms with Gasteiger partial charge < -0.3 is 15.2 Å². The first kappa shape index (κ1) is 12.3. The topological polar surface area (TPSA) is 75.6 Å². The molecule has 0 bridgehead atoms. The number of hydrogen-bond acceptors (Lipinski definition) is 4. The van der Waals surface area contributed by atoms with E-state index in [1.165, 1.54) is 0 Å². The van der Waals surface area contributed by atoms with E-state index in [-0.39, 0.29) is 17.4 Å². The van der Waals surface area contributed by atoms with Crippen LogP contribution >= 0.6 is 11.8 Å². The smallest absolute Gasteiger partial charge is 0.313 e. The first-order valence-electron chi connectivity index (χ1n) is 4.82. The van der Waals surface area contributed by atoms with E-state index in [9.17, 15) is 9.59 Å². The summed E-state index contributed by atoms with van der Waals surface area (Å²) in [6.07, 6.45) is 0.989. The van der Waals surface area contributed by atoms with Gasteiger partial charge in [0.15, 0.2) is 0 Å². The van der Waals surface area contributed by atoms with E-state index in [1.54, 1.807) is 0 Å². The molecule has 2 N–H and O–H groups in total. The van der Waals surface area contributed by atoms with Gasteiger partial charge in [-0.3, -0.25) is 9.59 Å². The number of aliphatic carboxylic acids is 1. The standard InChI is InChI=1S/C9H15NO4S/c11-8(5-15-6-9(12)13)10-3-7-1-2-14-4-7/h7H,1-6H2,(H,10,11)(H,12,13). The summed E-state index contributed by atoms with van der Waals surface area (Å²) in [6.45, 7) is 2.11. The van der Waals surface area contributed by atoms with Crippen LogP contribution in [-0.2, 0) is 14.3 Å². The Morgan fingerprint density at radius 3 is 2.87 bits per heavy atom. The van der Waals surface area contributed by atoms with E-state index in [1.807, 2.05) is 0 Å². The molecule has 5 nitrogen and oxygen atoms in total. The van der Waals surface area contributed by atoms with Gasteiger partial charge in [0.2, 0.25) is 5.91 Å². The van der Waals surface area contributed by atoms with E-state index in [0.29, 0.717) is 19.1 Å². The molecule has 1 saturated heterocycles. The Balaban J connectivity index is 2.00. The van der Waals surface area contributed by atoms with Crippen LogP contribution in [0.25, 0.3) is 0 Å². The molecular weight excluding hydrogens is 218 g/mol. The minimum Gasteiger partial charge on any atom is -0.481 e. The molecule has 1 fully saturated rings. The summed E-state index contributed by atoms with van der Waals surface area (Å²) in [5, 5.41) is 11.1. The Morgan fingerprint density at radius 2 is 2.27 bits per heavy atom. The molecule has 86 valence electrons. The summed E-state index contributed by atoms with van der Waals surface area (Å²) in [7, 11) is 0. The van der Waals surface area contributed by atoms with E-state index in [4.69, 9.17) is 9.84 Å². The molecule has 1 atom stereocenters. The van der Waals surface area contributed by atoms with Crippen LogP contribution in [0, 0.1) is 5.92 Å². The fourth-order valence-electron chi connectivity index (χ4n) is 1.28. The number of ether oxygens (including phenoxy) is 1. The van der Waals surface area contributed by atoms with Gasteiger partial charge in [0.1, 0.15) is 0 Å². The van der Waals surface area contributed by atoms with E-state index in [2.05, 4.69) is 5.32 Å². The van der Waals surface area contributed by atoms with Crippen molar-refractivity contribution in [1.82, 2.24) is 5.32 Å². The zero-order chi connectivity index (χ0) is 11.1. The maximum atomic E-state index is 11.2. The number of carbonyl (C=O) groups is 2. The highest BCUT2D eigenvalue weighted by atomic mass is 32.2. The fraction of sp³-hybridized carbons (Fsp3) is 0.778. The van der Waals surface area contributed by atoms with Gasteiger partial charge in [-0.05, 0) is 6.42 Å². The number of carbonyl (C=O) groups excluding carboxylic acids is 1. The first-order valence-corrected chi connectivity index (χ1v) is 5.98. The number of hydrogen-bond donors (Lipinski definition) is 2. The molecule has 0 saturated carbocycles. The van der Waals surface area contributed by atoms with Crippen molar-refractivity contribution in [2.45, 2.75) is 6.42 Å². The number of carboxylic acids is 1. The minimum atomic E-state index is -0.892. The maximum absolute atomic E-state index is 11.2. The molecule has 1 aliphatic heterocycles. The zero-order valence-electron chi connectivity index (χ0n) is 8.40. The normalized spacial score (nSPS) is 20.1. The van der Waals surface area contributed by atoms with E-state index < -0.39 is 5.97 Å². The van der Waals surface area contributed by atoms with Gasteiger partial charge >= 0.3 is 5.97 Å². The molecule has 1 unspecified atom stereocenters. The Hall–Kier alpha value is -0.750. The Kier molecular flexibility index (Phi) is 5.49. The number of nitrogens with one attached hydrogen (secondary N) is 1.